The van der Waals surface area contributed by atoms with Crippen LogP contribution in [0.15, 0.2) is 27.6 Å². The third-order valence-electron chi connectivity index (χ3n) is 3.24. The summed E-state index contributed by atoms with van der Waals surface area (Å²) < 4.78 is 27.2. The number of rotatable bonds is 3. The molecule has 2 rings (SSSR count). The van der Waals surface area contributed by atoms with E-state index < -0.39 is 10.0 Å². The van der Waals surface area contributed by atoms with E-state index in [1.54, 1.807) is 16.4 Å². The molecule has 2 N–H and O–H groups in total. The molecular weight excluding hydrogens is 316 g/mol. The van der Waals surface area contributed by atoms with E-state index >= 15 is 0 Å². The second-order valence-corrected chi connectivity index (χ2v) is 7.49. The molecule has 1 saturated heterocycles. The molecule has 0 bridgehead atoms. The van der Waals surface area contributed by atoms with Crippen LogP contribution in [0.25, 0.3) is 0 Å². The Labute approximate surface area is 116 Å². The van der Waals surface area contributed by atoms with Crippen molar-refractivity contribution in [3.05, 3.63) is 28.2 Å². The highest BCUT2D eigenvalue weighted by molar-refractivity contribution is 9.10. The van der Waals surface area contributed by atoms with Crippen molar-refractivity contribution < 1.29 is 8.42 Å². The van der Waals surface area contributed by atoms with Crippen molar-refractivity contribution in [1.29, 1.82) is 0 Å². The Balaban J connectivity index is 2.40. The Hall–Kier alpha value is -0.430. The van der Waals surface area contributed by atoms with Gasteiger partial charge in [-0.3, -0.25) is 0 Å². The number of halogens is 1. The normalized spacial score (nSPS) is 21.4. The third kappa shape index (κ3) is 2.61. The summed E-state index contributed by atoms with van der Waals surface area (Å²) in [5.41, 5.74) is 6.39. The summed E-state index contributed by atoms with van der Waals surface area (Å²) in [4.78, 5) is 0.319. The van der Waals surface area contributed by atoms with Crippen LogP contribution in [0.5, 0.6) is 0 Å². The van der Waals surface area contributed by atoms with Crippen LogP contribution in [0.2, 0.25) is 0 Å². The van der Waals surface area contributed by atoms with Crippen molar-refractivity contribution in [3.63, 3.8) is 0 Å². The second kappa shape index (κ2) is 5.28. The van der Waals surface area contributed by atoms with Crippen LogP contribution in [-0.4, -0.2) is 25.8 Å². The molecule has 1 heterocycles. The maximum atomic E-state index is 12.5. The summed E-state index contributed by atoms with van der Waals surface area (Å²) >= 11 is 3.31. The van der Waals surface area contributed by atoms with Gasteiger partial charge in [0, 0.05) is 24.1 Å². The zero-order valence-corrected chi connectivity index (χ0v) is 12.7. The predicted octanol–water partition coefficient (Wildman–Crippen LogP) is 1.94. The Morgan fingerprint density at radius 1 is 1.50 bits per heavy atom. The van der Waals surface area contributed by atoms with Gasteiger partial charge in [0.1, 0.15) is 0 Å². The third-order valence-corrected chi connectivity index (χ3v) is 6.09. The van der Waals surface area contributed by atoms with Gasteiger partial charge >= 0.3 is 0 Å². The van der Waals surface area contributed by atoms with Crippen LogP contribution in [0.4, 0.5) is 0 Å². The van der Waals surface area contributed by atoms with E-state index in [-0.39, 0.29) is 0 Å². The molecule has 1 aromatic carbocycles. The van der Waals surface area contributed by atoms with Gasteiger partial charge in [0.25, 0.3) is 0 Å². The zero-order valence-electron chi connectivity index (χ0n) is 10.3. The maximum absolute atomic E-state index is 12.5. The van der Waals surface area contributed by atoms with Crippen LogP contribution in [0, 0.1) is 5.92 Å². The van der Waals surface area contributed by atoms with Gasteiger partial charge in [0.05, 0.1) is 4.90 Å². The minimum absolute atomic E-state index is 0.319. The smallest absolute Gasteiger partial charge is 0.244 e. The summed E-state index contributed by atoms with van der Waals surface area (Å²) in [5, 5.41) is 0. The average Bonchev–Trinajstić information content (AvgIpc) is 2.77. The molecule has 1 fully saturated rings. The average molecular weight is 333 g/mol. The van der Waals surface area contributed by atoms with Gasteiger partial charge in [-0.2, -0.15) is 4.31 Å². The molecule has 0 amide bonds. The minimum Gasteiger partial charge on any atom is -0.326 e. The summed E-state index contributed by atoms with van der Waals surface area (Å²) in [6.45, 7) is 3.61. The number of sulfonamides is 1. The lowest BCUT2D eigenvalue weighted by molar-refractivity contribution is 0.464. The molecule has 18 heavy (non-hydrogen) atoms. The van der Waals surface area contributed by atoms with E-state index in [2.05, 4.69) is 22.9 Å². The Morgan fingerprint density at radius 3 is 2.78 bits per heavy atom. The molecule has 4 nitrogen and oxygen atoms in total. The maximum Gasteiger partial charge on any atom is 0.244 e. The first kappa shape index (κ1) is 14.0. The van der Waals surface area contributed by atoms with Crippen molar-refractivity contribution in [2.45, 2.75) is 24.8 Å². The molecule has 1 unspecified atom stereocenters. The molecule has 0 saturated carbocycles. The van der Waals surface area contributed by atoms with Gasteiger partial charge in [-0.25, -0.2) is 8.42 Å². The molecule has 0 aliphatic carbocycles. The Kier molecular flexibility index (Phi) is 4.11. The van der Waals surface area contributed by atoms with Crippen molar-refractivity contribution in [3.8, 4) is 0 Å². The van der Waals surface area contributed by atoms with Crippen LogP contribution >= 0.6 is 15.9 Å². The fraction of sp³-hybridized carbons (Fsp3) is 0.500. The zero-order chi connectivity index (χ0) is 13.3. The monoisotopic (exact) mass is 332 g/mol. The quantitative estimate of drug-likeness (QED) is 0.919. The summed E-state index contributed by atoms with van der Waals surface area (Å²) in [6.07, 6.45) is 0.924. The Morgan fingerprint density at radius 2 is 2.22 bits per heavy atom. The van der Waals surface area contributed by atoms with E-state index in [1.807, 2.05) is 6.07 Å². The summed E-state index contributed by atoms with van der Waals surface area (Å²) in [5.74, 6) is 0.427. The number of nitrogens with zero attached hydrogens (tertiary/aromatic N) is 1. The largest absolute Gasteiger partial charge is 0.326 e. The highest BCUT2D eigenvalue weighted by Gasteiger charge is 2.31. The van der Waals surface area contributed by atoms with Crippen molar-refractivity contribution in [1.82, 2.24) is 4.31 Å². The van der Waals surface area contributed by atoms with E-state index in [1.165, 1.54) is 0 Å². The summed E-state index contributed by atoms with van der Waals surface area (Å²) in [7, 11) is -3.40. The van der Waals surface area contributed by atoms with Crippen molar-refractivity contribution in [2.24, 2.45) is 11.7 Å². The van der Waals surface area contributed by atoms with Crippen LogP contribution in [0.1, 0.15) is 18.9 Å². The lowest BCUT2D eigenvalue weighted by Crippen LogP contribution is -2.29. The standard InChI is InChI=1S/C12H17BrN2O2S/c1-9-4-5-15(8-9)18(16,17)12-6-10(7-14)2-3-11(12)13/h2-3,6,9H,4-5,7-8,14H2,1H3. The SMILES string of the molecule is CC1CCN(S(=O)(=O)c2cc(CN)ccc2Br)C1. The van der Waals surface area contributed by atoms with Gasteiger partial charge in [0.2, 0.25) is 10.0 Å². The minimum atomic E-state index is -3.40. The molecule has 100 valence electrons. The first-order valence-electron chi connectivity index (χ1n) is 5.94. The predicted molar refractivity (Wildman–Crippen MR) is 74.6 cm³/mol. The van der Waals surface area contributed by atoms with Crippen LogP contribution < -0.4 is 5.73 Å². The molecule has 1 aliphatic rings. The van der Waals surface area contributed by atoms with E-state index in [0.717, 1.165) is 12.0 Å². The number of hydrogen-bond donors (Lipinski definition) is 1. The topological polar surface area (TPSA) is 63.4 Å². The van der Waals surface area contributed by atoms with Gasteiger partial charge in [0.15, 0.2) is 0 Å². The number of hydrogen-bond acceptors (Lipinski definition) is 3. The lowest BCUT2D eigenvalue weighted by atomic mass is 10.2. The number of benzene rings is 1. The molecule has 0 spiro atoms. The molecule has 1 atom stereocenters. The fourth-order valence-electron chi connectivity index (χ4n) is 2.12. The highest BCUT2D eigenvalue weighted by atomic mass is 79.9. The van der Waals surface area contributed by atoms with Crippen molar-refractivity contribution >= 4 is 26.0 Å². The van der Waals surface area contributed by atoms with E-state index in [0.29, 0.717) is 34.9 Å². The molecule has 1 aliphatic heterocycles. The molecule has 6 heteroatoms. The van der Waals surface area contributed by atoms with Gasteiger partial charge in [-0.15, -0.1) is 0 Å². The van der Waals surface area contributed by atoms with Crippen LogP contribution in [-0.2, 0) is 16.6 Å². The Bertz CT molecular complexity index is 545. The first-order valence-corrected chi connectivity index (χ1v) is 8.17. The van der Waals surface area contributed by atoms with Gasteiger partial charge < -0.3 is 5.73 Å². The fourth-order valence-corrected chi connectivity index (χ4v) is 4.67. The molecule has 1 aromatic rings. The van der Waals surface area contributed by atoms with E-state index in [4.69, 9.17) is 5.73 Å². The van der Waals surface area contributed by atoms with Crippen molar-refractivity contribution in [2.75, 3.05) is 13.1 Å². The van der Waals surface area contributed by atoms with Gasteiger partial charge in [-0.05, 0) is 46.0 Å². The highest BCUT2D eigenvalue weighted by Crippen LogP contribution is 2.29. The lowest BCUT2D eigenvalue weighted by Gasteiger charge is -2.17. The van der Waals surface area contributed by atoms with E-state index in [9.17, 15) is 8.42 Å². The molecular formula is C12H17BrN2O2S. The number of nitrogens with two attached hydrogens (primary N) is 1. The summed E-state index contributed by atoms with van der Waals surface area (Å²) in [6, 6.07) is 5.23. The molecule has 0 aromatic heterocycles. The van der Waals surface area contributed by atoms with Gasteiger partial charge in [-0.1, -0.05) is 13.0 Å². The van der Waals surface area contributed by atoms with Crippen LogP contribution in [0.3, 0.4) is 0 Å². The second-order valence-electron chi connectivity index (χ2n) is 4.73. The first-order chi connectivity index (χ1) is 8.45. The molecule has 0 radical (unpaired) electrons.